The average Bonchev–Trinajstić information content (AvgIpc) is 2.70. The highest BCUT2D eigenvalue weighted by Crippen LogP contribution is 2.23. The molecular weight excluding hydrogens is 402 g/mol. The molecule has 156 valence electrons. The highest BCUT2D eigenvalue weighted by molar-refractivity contribution is 6.30. The predicted octanol–water partition coefficient (Wildman–Crippen LogP) is 3.64. The molecule has 0 spiro atoms. The van der Waals surface area contributed by atoms with E-state index in [9.17, 15) is 9.59 Å². The monoisotopic (exact) mass is 425 g/mol. The lowest BCUT2D eigenvalue weighted by Gasteiger charge is -2.15. The molecule has 0 aliphatic heterocycles. The summed E-state index contributed by atoms with van der Waals surface area (Å²) in [6.07, 6.45) is 4.21. The molecule has 0 atom stereocenters. The van der Waals surface area contributed by atoms with Gasteiger partial charge in [-0.2, -0.15) is 0 Å². The highest BCUT2D eigenvalue weighted by Gasteiger charge is 2.16. The number of nitrogens with zero attached hydrogens (tertiary/aromatic N) is 2. The van der Waals surface area contributed by atoms with Gasteiger partial charge in [-0.1, -0.05) is 42.0 Å². The highest BCUT2D eigenvalue weighted by atomic mass is 35.5. The van der Waals surface area contributed by atoms with Gasteiger partial charge in [-0.25, -0.2) is 4.98 Å². The molecule has 2 N–H and O–H groups in total. The van der Waals surface area contributed by atoms with Gasteiger partial charge in [0.25, 0.3) is 5.56 Å². The fourth-order valence-electron chi connectivity index (χ4n) is 3.14. The second kappa shape index (κ2) is 9.69. The molecule has 0 radical (unpaired) electrons. The minimum absolute atomic E-state index is 0.0421. The molecule has 1 aromatic heterocycles. The van der Waals surface area contributed by atoms with Crippen LogP contribution in [0, 0.1) is 0 Å². The van der Waals surface area contributed by atoms with E-state index in [1.807, 2.05) is 38.1 Å². The molecule has 30 heavy (non-hydrogen) atoms. The Morgan fingerprint density at radius 3 is 2.77 bits per heavy atom. The van der Waals surface area contributed by atoms with E-state index in [0.717, 1.165) is 5.56 Å². The summed E-state index contributed by atoms with van der Waals surface area (Å²) in [5.41, 5.74) is 1.72. The number of halogens is 1. The second-order valence-corrected chi connectivity index (χ2v) is 7.69. The van der Waals surface area contributed by atoms with E-state index in [1.54, 1.807) is 30.3 Å². The van der Waals surface area contributed by atoms with E-state index in [-0.39, 0.29) is 30.7 Å². The number of aliphatic hydroxyl groups excluding tert-OH is 1. The number of rotatable bonds is 7. The van der Waals surface area contributed by atoms with Crippen LogP contribution in [0.15, 0.2) is 53.3 Å². The van der Waals surface area contributed by atoms with Gasteiger partial charge >= 0.3 is 0 Å². The first-order valence-corrected chi connectivity index (χ1v) is 10.1. The van der Waals surface area contributed by atoms with Gasteiger partial charge in [0.2, 0.25) is 5.91 Å². The minimum atomic E-state index is -0.300. The van der Waals surface area contributed by atoms with Crippen molar-refractivity contribution < 1.29 is 9.90 Å². The normalized spacial score (nSPS) is 11.5. The quantitative estimate of drug-likeness (QED) is 0.605. The molecule has 3 aromatic rings. The third-order valence-electron chi connectivity index (χ3n) is 4.42. The van der Waals surface area contributed by atoms with Crippen LogP contribution in [-0.4, -0.2) is 33.2 Å². The van der Waals surface area contributed by atoms with Crippen molar-refractivity contribution in [2.24, 2.45) is 0 Å². The lowest BCUT2D eigenvalue weighted by Crippen LogP contribution is -2.37. The average molecular weight is 426 g/mol. The first-order chi connectivity index (χ1) is 14.4. The molecule has 6 nitrogen and oxygen atoms in total. The number of carbonyl (C=O) groups is 1. The number of hydrogen-bond acceptors (Lipinski definition) is 4. The van der Waals surface area contributed by atoms with Crippen molar-refractivity contribution in [3.05, 3.63) is 69.5 Å². The van der Waals surface area contributed by atoms with Crippen molar-refractivity contribution in [3.63, 3.8) is 0 Å². The van der Waals surface area contributed by atoms with Crippen LogP contribution in [0.1, 0.15) is 25.8 Å². The van der Waals surface area contributed by atoms with Gasteiger partial charge in [-0.3, -0.25) is 14.2 Å². The van der Waals surface area contributed by atoms with E-state index in [2.05, 4.69) is 10.3 Å². The summed E-state index contributed by atoms with van der Waals surface area (Å²) >= 11 is 6.14. The molecule has 0 saturated carbocycles. The Bertz CT molecular complexity index is 1150. The van der Waals surface area contributed by atoms with Crippen LogP contribution in [0.25, 0.3) is 28.4 Å². The number of aliphatic hydroxyl groups is 1. The summed E-state index contributed by atoms with van der Waals surface area (Å²) in [5.74, 6) is 0.119. The molecule has 1 amide bonds. The number of amides is 1. The zero-order chi connectivity index (χ0) is 21.7. The van der Waals surface area contributed by atoms with Gasteiger partial charge in [0.1, 0.15) is 12.4 Å². The van der Waals surface area contributed by atoms with Crippen LogP contribution in [-0.2, 0) is 11.3 Å². The number of benzene rings is 2. The van der Waals surface area contributed by atoms with Crippen LogP contribution in [0.5, 0.6) is 0 Å². The van der Waals surface area contributed by atoms with Crippen molar-refractivity contribution in [1.82, 2.24) is 14.9 Å². The van der Waals surface area contributed by atoms with Crippen molar-refractivity contribution >= 4 is 34.5 Å². The summed E-state index contributed by atoms with van der Waals surface area (Å²) in [4.78, 5) is 30.5. The molecule has 0 bridgehead atoms. The van der Waals surface area contributed by atoms with Gasteiger partial charge in [0.15, 0.2) is 0 Å². The van der Waals surface area contributed by atoms with Gasteiger partial charge in [0.05, 0.1) is 10.9 Å². The summed E-state index contributed by atoms with van der Waals surface area (Å²) in [6.45, 7) is 3.64. The van der Waals surface area contributed by atoms with Crippen molar-refractivity contribution in [3.8, 4) is 11.4 Å². The van der Waals surface area contributed by atoms with Crippen molar-refractivity contribution in [1.29, 1.82) is 0 Å². The van der Waals surface area contributed by atoms with Gasteiger partial charge in [0, 0.05) is 23.2 Å². The van der Waals surface area contributed by atoms with Crippen LogP contribution in [0.4, 0.5) is 0 Å². The van der Waals surface area contributed by atoms with E-state index < -0.39 is 0 Å². The number of hydrogen-bond donors (Lipinski definition) is 2. The third-order valence-corrected chi connectivity index (χ3v) is 4.65. The van der Waals surface area contributed by atoms with Crippen LogP contribution in [0.3, 0.4) is 0 Å². The Kier molecular flexibility index (Phi) is 7.03. The van der Waals surface area contributed by atoms with Crippen LogP contribution < -0.4 is 10.9 Å². The summed E-state index contributed by atoms with van der Waals surface area (Å²) in [5, 5.41) is 12.7. The maximum Gasteiger partial charge on any atom is 0.262 e. The molecule has 0 saturated heterocycles. The van der Waals surface area contributed by atoms with Crippen molar-refractivity contribution in [2.75, 3.05) is 6.61 Å². The zero-order valence-corrected chi connectivity index (χ0v) is 17.7. The predicted molar refractivity (Wildman–Crippen MR) is 120 cm³/mol. The molecule has 0 unspecified atom stereocenters. The topological polar surface area (TPSA) is 84.2 Å². The molecule has 3 rings (SSSR count). The van der Waals surface area contributed by atoms with Gasteiger partial charge in [-0.05, 0) is 50.1 Å². The first kappa shape index (κ1) is 21.7. The third kappa shape index (κ3) is 5.14. The number of aromatic nitrogens is 2. The van der Waals surface area contributed by atoms with E-state index in [4.69, 9.17) is 16.7 Å². The Labute approximate surface area is 179 Å². The Balaban J connectivity index is 2.17. The first-order valence-electron chi connectivity index (χ1n) is 9.76. The van der Waals surface area contributed by atoms with Crippen LogP contribution >= 0.6 is 11.6 Å². The number of nitrogens with one attached hydrogen (secondary N) is 1. The fourth-order valence-corrected chi connectivity index (χ4v) is 3.33. The minimum Gasteiger partial charge on any atom is -0.396 e. The number of fused-ring (bicyclic) bond motifs is 1. The van der Waals surface area contributed by atoms with E-state index >= 15 is 0 Å². The molecule has 0 aliphatic rings. The lowest BCUT2D eigenvalue weighted by atomic mass is 10.1. The Morgan fingerprint density at radius 1 is 1.27 bits per heavy atom. The maximum absolute atomic E-state index is 13.4. The summed E-state index contributed by atoms with van der Waals surface area (Å²) in [6, 6.07) is 12.4. The SMILES string of the molecule is CC(C)NC(=O)Cn1c(-c2cccc(Cl)c2)nc2ccc(C=CCCO)cc2c1=O. The molecule has 2 aromatic carbocycles. The van der Waals surface area contributed by atoms with Crippen LogP contribution in [0.2, 0.25) is 5.02 Å². The molecule has 0 fully saturated rings. The smallest absolute Gasteiger partial charge is 0.262 e. The van der Waals surface area contributed by atoms with Gasteiger partial charge in [-0.15, -0.1) is 0 Å². The number of carbonyl (C=O) groups excluding carboxylic acids is 1. The molecule has 7 heteroatoms. The second-order valence-electron chi connectivity index (χ2n) is 7.25. The molecule has 1 heterocycles. The largest absolute Gasteiger partial charge is 0.396 e. The fraction of sp³-hybridized carbons (Fsp3) is 0.261. The summed E-state index contributed by atoms with van der Waals surface area (Å²) < 4.78 is 1.38. The van der Waals surface area contributed by atoms with Gasteiger partial charge < -0.3 is 10.4 Å². The van der Waals surface area contributed by atoms with E-state index in [1.165, 1.54) is 4.57 Å². The zero-order valence-electron chi connectivity index (χ0n) is 16.9. The molecular formula is C23H24ClN3O3. The maximum atomic E-state index is 13.4. The molecule has 0 aliphatic carbocycles. The Morgan fingerprint density at radius 2 is 2.07 bits per heavy atom. The Hall–Kier alpha value is -2.96. The lowest BCUT2D eigenvalue weighted by molar-refractivity contribution is -0.122. The van der Waals surface area contributed by atoms with Crippen molar-refractivity contribution in [2.45, 2.75) is 32.9 Å². The van der Waals surface area contributed by atoms with E-state index in [0.29, 0.717) is 33.7 Å². The summed E-state index contributed by atoms with van der Waals surface area (Å²) in [7, 11) is 0. The standard InChI is InChI=1S/C23H24ClN3O3/c1-15(2)25-21(29)14-27-22(17-7-5-8-18(24)13-17)26-20-10-9-16(6-3-4-11-28)12-19(20)23(27)30/h3,5-10,12-13,15,28H,4,11,14H2,1-2H3,(H,25,29).